The largest absolute Gasteiger partial charge is 0.463 e. The topological polar surface area (TPSA) is 26.3 Å². The van der Waals surface area contributed by atoms with Gasteiger partial charge in [0.2, 0.25) is 0 Å². The summed E-state index contributed by atoms with van der Waals surface area (Å²) in [6, 6.07) is 0. The van der Waals surface area contributed by atoms with Crippen molar-refractivity contribution >= 4 is 5.97 Å². The summed E-state index contributed by atoms with van der Waals surface area (Å²) in [5.41, 5.74) is 0.321. The molecule has 0 saturated heterocycles. The molecule has 1 unspecified atom stereocenters. The molecule has 0 aliphatic carbocycles. The van der Waals surface area contributed by atoms with Gasteiger partial charge in [0, 0.05) is 6.92 Å². The van der Waals surface area contributed by atoms with Crippen LogP contribution >= 0.6 is 0 Å². The highest BCUT2D eigenvalue weighted by Crippen LogP contribution is 2.24. The van der Waals surface area contributed by atoms with E-state index < -0.39 is 0 Å². The van der Waals surface area contributed by atoms with E-state index in [1.165, 1.54) is 32.6 Å². The molecular formula is C15H30O2. The Labute approximate surface area is 107 Å². The van der Waals surface area contributed by atoms with E-state index in [1.807, 2.05) is 0 Å². The first kappa shape index (κ1) is 16.5. The number of hydrogen-bond donors (Lipinski definition) is 0. The van der Waals surface area contributed by atoms with E-state index in [1.54, 1.807) is 0 Å². The minimum atomic E-state index is -0.139. The molecule has 0 saturated carbocycles. The molecule has 0 bridgehead atoms. The van der Waals surface area contributed by atoms with Crippen molar-refractivity contribution in [3.8, 4) is 0 Å². The van der Waals surface area contributed by atoms with Gasteiger partial charge in [-0.2, -0.15) is 0 Å². The molecule has 0 aliphatic rings. The van der Waals surface area contributed by atoms with Crippen LogP contribution in [0.2, 0.25) is 0 Å². The van der Waals surface area contributed by atoms with E-state index in [4.69, 9.17) is 4.74 Å². The molecule has 102 valence electrons. The lowest BCUT2D eigenvalue weighted by Gasteiger charge is -2.23. The molecule has 0 aromatic carbocycles. The maximum atomic E-state index is 11.0. The van der Waals surface area contributed by atoms with Crippen LogP contribution in [-0.2, 0) is 9.53 Å². The lowest BCUT2D eigenvalue weighted by atomic mass is 9.88. The third-order valence-electron chi connectivity index (χ3n) is 2.93. The Kier molecular flexibility index (Phi) is 8.28. The fourth-order valence-electron chi connectivity index (χ4n) is 1.89. The smallest absolute Gasteiger partial charge is 0.302 e. The number of ether oxygens (including phenoxy) is 1. The van der Waals surface area contributed by atoms with Crippen molar-refractivity contribution in [3.05, 3.63) is 0 Å². The monoisotopic (exact) mass is 242 g/mol. The summed E-state index contributed by atoms with van der Waals surface area (Å²) in [6.45, 7) is 10.4. The van der Waals surface area contributed by atoms with Gasteiger partial charge in [-0.25, -0.2) is 0 Å². The molecular weight excluding hydrogens is 212 g/mol. The van der Waals surface area contributed by atoms with Crippen molar-refractivity contribution in [1.82, 2.24) is 0 Å². The lowest BCUT2D eigenvalue weighted by Crippen LogP contribution is -2.19. The number of carbonyl (C=O) groups is 1. The summed E-state index contributed by atoms with van der Waals surface area (Å²) < 4.78 is 5.39. The van der Waals surface area contributed by atoms with Gasteiger partial charge in [0.25, 0.3) is 0 Å². The fraction of sp³-hybridized carbons (Fsp3) is 0.933. The van der Waals surface area contributed by atoms with Gasteiger partial charge in [-0.1, -0.05) is 47.0 Å². The zero-order chi connectivity index (χ0) is 13.3. The average Bonchev–Trinajstić information content (AvgIpc) is 2.18. The highest BCUT2D eigenvalue weighted by molar-refractivity contribution is 5.66. The van der Waals surface area contributed by atoms with Gasteiger partial charge in [0.05, 0.1) is 0 Å². The molecule has 0 N–H and O–H groups in total. The van der Waals surface area contributed by atoms with Crippen LogP contribution in [-0.4, -0.2) is 12.1 Å². The molecule has 0 aromatic rings. The van der Waals surface area contributed by atoms with E-state index in [0.29, 0.717) is 5.41 Å². The quantitative estimate of drug-likeness (QED) is 0.455. The Morgan fingerprint density at radius 2 is 1.76 bits per heavy atom. The predicted octanol–water partition coefficient (Wildman–Crippen LogP) is 4.71. The van der Waals surface area contributed by atoms with Gasteiger partial charge in [-0.3, -0.25) is 4.79 Å². The minimum Gasteiger partial charge on any atom is -0.463 e. The third-order valence-corrected chi connectivity index (χ3v) is 2.93. The first-order valence-corrected chi connectivity index (χ1v) is 7.02. The van der Waals surface area contributed by atoms with Crippen LogP contribution in [0, 0.1) is 5.41 Å². The fourth-order valence-corrected chi connectivity index (χ4v) is 1.89. The lowest BCUT2D eigenvalue weighted by molar-refractivity contribution is -0.147. The van der Waals surface area contributed by atoms with Gasteiger partial charge < -0.3 is 4.74 Å². The second-order valence-electron chi connectivity index (χ2n) is 6.18. The van der Waals surface area contributed by atoms with Gasteiger partial charge in [-0.15, -0.1) is 0 Å². The highest BCUT2D eigenvalue weighted by Gasteiger charge is 2.17. The molecule has 0 aliphatic heterocycles. The van der Waals surface area contributed by atoms with Crippen LogP contribution in [0.25, 0.3) is 0 Å². The van der Waals surface area contributed by atoms with Gasteiger partial charge in [0.1, 0.15) is 6.10 Å². The SMILES string of the molecule is CCCCCCC(CCC(C)(C)C)OC(C)=O. The van der Waals surface area contributed by atoms with Crippen molar-refractivity contribution < 1.29 is 9.53 Å². The molecule has 0 heterocycles. The summed E-state index contributed by atoms with van der Waals surface area (Å²) in [4.78, 5) is 11.0. The van der Waals surface area contributed by atoms with E-state index in [-0.39, 0.29) is 12.1 Å². The summed E-state index contributed by atoms with van der Waals surface area (Å²) in [5, 5.41) is 0. The Hall–Kier alpha value is -0.530. The van der Waals surface area contributed by atoms with E-state index in [9.17, 15) is 4.79 Å². The summed E-state index contributed by atoms with van der Waals surface area (Å²) in [5.74, 6) is -0.139. The summed E-state index contributed by atoms with van der Waals surface area (Å²) in [7, 11) is 0. The number of carbonyl (C=O) groups excluding carboxylic acids is 1. The predicted molar refractivity (Wildman–Crippen MR) is 73.0 cm³/mol. The summed E-state index contributed by atoms with van der Waals surface area (Å²) >= 11 is 0. The minimum absolute atomic E-state index is 0.128. The first-order valence-electron chi connectivity index (χ1n) is 7.02. The molecule has 0 aromatic heterocycles. The average molecular weight is 242 g/mol. The van der Waals surface area contributed by atoms with Crippen molar-refractivity contribution in [3.63, 3.8) is 0 Å². The molecule has 0 rings (SSSR count). The van der Waals surface area contributed by atoms with Crippen LogP contribution in [0.1, 0.15) is 79.6 Å². The van der Waals surface area contributed by atoms with Crippen LogP contribution < -0.4 is 0 Å². The van der Waals surface area contributed by atoms with Crippen LogP contribution in [0.3, 0.4) is 0 Å². The van der Waals surface area contributed by atoms with Gasteiger partial charge >= 0.3 is 5.97 Å². The Balaban J connectivity index is 3.92. The number of rotatable bonds is 8. The van der Waals surface area contributed by atoms with Crippen LogP contribution in [0.4, 0.5) is 0 Å². The molecule has 0 radical (unpaired) electrons. The van der Waals surface area contributed by atoms with Gasteiger partial charge in [-0.05, 0) is 31.1 Å². The molecule has 2 heteroatoms. The van der Waals surface area contributed by atoms with Crippen LogP contribution in [0.15, 0.2) is 0 Å². The maximum absolute atomic E-state index is 11.0. The van der Waals surface area contributed by atoms with Crippen LogP contribution in [0.5, 0.6) is 0 Å². The zero-order valence-electron chi connectivity index (χ0n) is 12.3. The van der Waals surface area contributed by atoms with Crippen molar-refractivity contribution in [2.75, 3.05) is 0 Å². The third kappa shape index (κ3) is 11.7. The maximum Gasteiger partial charge on any atom is 0.302 e. The molecule has 2 nitrogen and oxygen atoms in total. The molecule has 0 fully saturated rings. The molecule has 17 heavy (non-hydrogen) atoms. The number of hydrogen-bond acceptors (Lipinski definition) is 2. The van der Waals surface area contributed by atoms with Crippen molar-refractivity contribution in [2.45, 2.75) is 85.7 Å². The standard InChI is InChI=1S/C15H30O2/c1-6-7-8-9-10-14(17-13(2)16)11-12-15(3,4)5/h14H,6-12H2,1-5H3. The molecule has 0 amide bonds. The van der Waals surface area contributed by atoms with E-state index >= 15 is 0 Å². The summed E-state index contributed by atoms with van der Waals surface area (Å²) in [6.07, 6.45) is 8.22. The highest BCUT2D eigenvalue weighted by atomic mass is 16.5. The van der Waals surface area contributed by atoms with E-state index in [2.05, 4.69) is 27.7 Å². The van der Waals surface area contributed by atoms with Crippen molar-refractivity contribution in [2.24, 2.45) is 5.41 Å². The Morgan fingerprint density at radius 1 is 1.12 bits per heavy atom. The van der Waals surface area contributed by atoms with E-state index in [0.717, 1.165) is 19.3 Å². The Bertz CT molecular complexity index is 203. The normalized spacial score (nSPS) is 13.5. The molecule has 1 atom stereocenters. The second-order valence-corrected chi connectivity index (χ2v) is 6.18. The van der Waals surface area contributed by atoms with Crippen molar-refractivity contribution in [1.29, 1.82) is 0 Å². The molecule has 0 spiro atoms. The number of unbranched alkanes of at least 4 members (excludes halogenated alkanes) is 3. The Morgan fingerprint density at radius 3 is 2.24 bits per heavy atom. The number of esters is 1. The zero-order valence-corrected chi connectivity index (χ0v) is 12.3. The van der Waals surface area contributed by atoms with Gasteiger partial charge in [0.15, 0.2) is 0 Å². The second kappa shape index (κ2) is 8.54. The first-order chi connectivity index (χ1) is 7.85.